The van der Waals surface area contributed by atoms with Crippen molar-refractivity contribution in [3.63, 3.8) is 0 Å². The lowest BCUT2D eigenvalue weighted by Gasteiger charge is -2.13. The van der Waals surface area contributed by atoms with Crippen LogP contribution in [0.25, 0.3) is 94.7 Å². The van der Waals surface area contributed by atoms with Crippen molar-refractivity contribution in [3.8, 4) is 57.0 Å². The third kappa shape index (κ3) is 4.76. The van der Waals surface area contributed by atoms with Crippen LogP contribution in [-0.2, 0) is 0 Å². The second-order valence-corrected chi connectivity index (χ2v) is 12.7. The third-order valence-corrected chi connectivity index (χ3v) is 9.72. The Morgan fingerprint density at radius 1 is 0.481 bits per heavy atom. The van der Waals surface area contributed by atoms with Crippen LogP contribution in [0.2, 0.25) is 0 Å². The van der Waals surface area contributed by atoms with Crippen LogP contribution in [0.5, 0.6) is 0 Å². The molecule has 10 rings (SSSR count). The van der Waals surface area contributed by atoms with Gasteiger partial charge >= 0.3 is 0 Å². The zero-order chi connectivity index (χ0) is 34.6. The number of hydrogen-bond donors (Lipinski definition) is 0. The lowest BCUT2D eigenvalue weighted by atomic mass is 9.98. The number of nitrogens with zero attached hydrogens (tertiary/aromatic N) is 5. The molecule has 0 radical (unpaired) electrons. The average molecular weight is 666 g/mol. The predicted molar refractivity (Wildman–Crippen MR) is 208 cm³/mol. The van der Waals surface area contributed by atoms with Crippen LogP contribution in [0.15, 0.2) is 168 Å². The van der Waals surface area contributed by atoms with E-state index in [0.29, 0.717) is 23.2 Å². The van der Waals surface area contributed by atoms with Gasteiger partial charge < -0.3 is 4.42 Å². The van der Waals surface area contributed by atoms with Crippen molar-refractivity contribution < 1.29 is 4.42 Å². The number of aromatic nitrogens is 4. The molecule has 0 fully saturated rings. The van der Waals surface area contributed by atoms with Gasteiger partial charge in [-0.25, -0.2) is 4.98 Å². The number of furan rings is 1. The highest BCUT2D eigenvalue weighted by Crippen LogP contribution is 2.40. The fourth-order valence-corrected chi connectivity index (χ4v) is 7.32. The fraction of sp³-hybridized carbons (Fsp3) is 0. The summed E-state index contributed by atoms with van der Waals surface area (Å²) < 4.78 is 8.67. The molecule has 0 aliphatic heterocycles. The van der Waals surface area contributed by atoms with E-state index in [-0.39, 0.29) is 0 Å². The fourth-order valence-electron chi connectivity index (χ4n) is 7.32. The van der Waals surface area contributed by atoms with Gasteiger partial charge in [0.2, 0.25) is 5.95 Å². The van der Waals surface area contributed by atoms with Crippen molar-refractivity contribution in [2.75, 3.05) is 0 Å². The second kappa shape index (κ2) is 11.9. The monoisotopic (exact) mass is 665 g/mol. The molecule has 7 aromatic carbocycles. The van der Waals surface area contributed by atoms with Gasteiger partial charge in [0, 0.05) is 38.2 Å². The Morgan fingerprint density at radius 3 is 1.90 bits per heavy atom. The van der Waals surface area contributed by atoms with Crippen molar-refractivity contribution in [3.05, 3.63) is 169 Å². The minimum absolute atomic E-state index is 0.534. The molecule has 0 atom stereocenters. The molecular weight excluding hydrogens is 639 g/mol. The van der Waals surface area contributed by atoms with Crippen LogP contribution in [0.1, 0.15) is 5.56 Å². The first kappa shape index (κ1) is 29.5. The van der Waals surface area contributed by atoms with Gasteiger partial charge in [-0.2, -0.15) is 15.2 Å². The Kier molecular flexibility index (Phi) is 6.76. The van der Waals surface area contributed by atoms with Crippen molar-refractivity contribution >= 4 is 43.7 Å². The molecule has 3 heterocycles. The van der Waals surface area contributed by atoms with E-state index < -0.39 is 0 Å². The standard InChI is InChI=1S/C46H27N5O/c47-28-29-21-23-31(24-22-29)34-16-10-20-40-42(34)38-26-25-33(27-41(38)52-40)45-48-44(32-13-5-2-6-14-32)49-46(50-45)51-39-19-8-7-15-36(39)37-18-9-17-35(43(37)51)30-11-3-1-4-12-30/h1-27H. The normalized spacial score (nSPS) is 11.4. The molecule has 52 heavy (non-hydrogen) atoms. The van der Waals surface area contributed by atoms with E-state index >= 15 is 0 Å². The number of rotatable bonds is 5. The summed E-state index contributed by atoms with van der Waals surface area (Å²) in [6.07, 6.45) is 0. The number of hydrogen-bond acceptors (Lipinski definition) is 5. The Balaban J connectivity index is 1.21. The number of nitriles is 1. The minimum Gasteiger partial charge on any atom is -0.456 e. The number of benzene rings is 7. The van der Waals surface area contributed by atoms with Crippen LogP contribution >= 0.6 is 0 Å². The summed E-state index contributed by atoms with van der Waals surface area (Å²) in [4.78, 5) is 15.4. The van der Waals surface area contributed by atoms with Gasteiger partial charge in [-0.1, -0.05) is 127 Å². The number of para-hydroxylation sites is 2. The van der Waals surface area contributed by atoms with Crippen LogP contribution < -0.4 is 0 Å². The van der Waals surface area contributed by atoms with E-state index in [1.54, 1.807) is 0 Å². The quantitative estimate of drug-likeness (QED) is 0.183. The van der Waals surface area contributed by atoms with Crippen LogP contribution in [0, 0.1) is 11.3 Å². The smallest absolute Gasteiger partial charge is 0.238 e. The van der Waals surface area contributed by atoms with Gasteiger partial charge in [0.25, 0.3) is 0 Å². The highest BCUT2D eigenvalue weighted by molar-refractivity contribution is 6.14. The first-order valence-electron chi connectivity index (χ1n) is 17.1. The van der Waals surface area contributed by atoms with Crippen molar-refractivity contribution in [1.82, 2.24) is 19.5 Å². The molecular formula is C46H27N5O. The van der Waals surface area contributed by atoms with Gasteiger partial charge in [-0.3, -0.25) is 4.57 Å². The molecule has 0 saturated carbocycles. The molecule has 0 bridgehead atoms. The molecule has 0 amide bonds. The van der Waals surface area contributed by atoms with Gasteiger partial charge in [-0.05, 0) is 53.1 Å². The van der Waals surface area contributed by atoms with Crippen LogP contribution in [0.4, 0.5) is 0 Å². The van der Waals surface area contributed by atoms with Gasteiger partial charge in [0.05, 0.1) is 22.7 Å². The van der Waals surface area contributed by atoms with Gasteiger partial charge in [0.15, 0.2) is 11.6 Å². The summed E-state index contributed by atoms with van der Waals surface area (Å²) in [7, 11) is 0. The summed E-state index contributed by atoms with van der Waals surface area (Å²) in [5.74, 6) is 1.66. The Bertz CT molecular complexity index is 3010. The van der Waals surface area contributed by atoms with Crippen molar-refractivity contribution in [2.24, 2.45) is 0 Å². The summed E-state index contributed by atoms with van der Waals surface area (Å²) >= 11 is 0. The zero-order valence-electron chi connectivity index (χ0n) is 27.7. The number of fused-ring (bicyclic) bond motifs is 6. The summed E-state index contributed by atoms with van der Waals surface area (Å²) in [5.41, 5.74) is 10.2. The second-order valence-electron chi connectivity index (χ2n) is 12.7. The molecule has 0 saturated heterocycles. The molecule has 10 aromatic rings. The molecule has 0 spiro atoms. The van der Waals surface area contributed by atoms with Crippen LogP contribution in [0.3, 0.4) is 0 Å². The lowest BCUT2D eigenvalue weighted by molar-refractivity contribution is 0.669. The van der Waals surface area contributed by atoms with Gasteiger partial charge in [0.1, 0.15) is 11.2 Å². The maximum atomic E-state index is 9.32. The van der Waals surface area contributed by atoms with E-state index in [2.05, 4.69) is 95.6 Å². The molecule has 0 aliphatic rings. The first-order chi connectivity index (χ1) is 25.7. The molecule has 3 aromatic heterocycles. The van der Waals surface area contributed by atoms with E-state index in [1.807, 2.05) is 78.9 Å². The summed E-state index contributed by atoms with van der Waals surface area (Å²) in [6, 6.07) is 57.5. The molecule has 6 heteroatoms. The SMILES string of the molecule is N#Cc1ccc(-c2cccc3oc4cc(-c5nc(-c6ccccc6)nc(-n6c7ccccc7c7cccc(-c8ccccc8)c76)n5)ccc4c23)cc1. The van der Waals surface area contributed by atoms with Crippen molar-refractivity contribution in [2.45, 2.75) is 0 Å². The average Bonchev–Trinajstić information content (AvgIpc) is 3.77. The molecule has 242 valence electrons. The van der Waals surface area contributed by atoms with Crippen molar-refractivity contribution in [1.29, 1.82) is 5.26 Å². The van der Waals surface area contributed by atoms with Gasteiger partial charge in [-0.15, -0.1) is 0 Å². The van der Waals surface area contributed by atoms with Crippen LogP contribution in [-0.4, -0.2) is 19.5 Å². The Hall–Kier alpha value is -7.36. The molecule has 0 aliphatic carbocycles. The maximum absolute atomic E-state index is 9.32. The van der Waals surface area contributed by atoms with E-state index in [0.717, 1.165) is 77.1 Å². The zero-order valence-corrected chi connectivity index (χ0v) is 27.7. The first-order valence-corrected chi connectivity index (χ1v) is 17.1. The topological polar surface area (TPSA) is 80.5 Å². The minimum atomic E-state index is 0.534. The summed E-state index contributed by atoms with van der Waals surface area (Å²) in [5, 5.41) is 13.6. The third-order valence-electron chi connectivity index (χ3n) is 9.72. The molecule has 6 nitrogen and oxygen atoms in total. The largest absolute Gasteiger partial charge is 0.456 e. The highest BCUT2D eigenvalue weighted by atomic mass is 16.3. The maximum Gasteiger partial charge on any atom is 0.238 e. The van der Waals surface area contributed by atoms with E-state index in [9.17, 15) is 5.26 Å². The Morgan fingerprint density at radius 2 is 1.12 bits per heavy atom. The Labute approximate surface area is 298 Å². The van der Waals surface area contributed by atoms with E-state index in [1.165, 1.54) is 0 Å². The molecule has 0 unspecified atom stereocenters. The lowest BCUT2D eigenvalue weighted by Crippen LogP contribution is -2.07. The summed E-state index contributed by atoms with van der Waals surface area (Å²) in [6.45, 7) is 0. The van der Waals surface area contributed by atoms with E-state index in [4.69, 9.17) is 19.4 Å². The molecule has 0 N–H and O–H groups in total. The predicted octanol–water partition coefficient (Wildman–Crippen LogP) is 11.4. The highest BCUT2D eigenvalue weighted by Gasteiger charge is 2.21.